The van der Waals surface area contributed by atoms with E-state index in [-0.39, 0.29) is 12.3 Å². The van der Waals surface area contributed by atoms with Gasteiger partial charge in [-0.1, -0.05) is 18.5 Å². The molecule has 0 bridgehead atoms. The molecule has 1 fully saturated rings. The number of carboxylic acid groups (broad SMARTS) is 1. The fourth-order valence-corrected chi connectivity index (χ4v) is 3.03. The number of aromatic nitrogens is 2. The zero-order valence-electron chi connectivity index (χ0n) is 12.7. The van der Waals surface area contributed by atoms with E-state index in [1.165, 1.54) is 6.33 Å². The summed E-state index contributed by atoms with van der Waals surface area (Å²) in [6.07, 6.45) is 1.38. The Morgan fingerprint density at radius 3 is 2.59 bits per heavy atom. The molecule has 1 saturated heterocycles. The van der Waals surface area contributed by atoms with Crippen molar-refractivity contribution in [1.29, 1.82) is 0 Å². The summed E-state index contributed by atoms with van der Waals surface area (Å²) in [5, 5.41) is 18.9. The average Bonchev–Trinajstić information content (AvgIpc) is 2.46. The van der Waals surface area contributed by atoms with Gasteiger partial charge in [-0.15, -0.1) is 0 Å². The van der Waals surface area contributed by atoms with Gasteiger partial charge in [0, 0.05) is 31.7 Å². The zero-order chi connectivity index (χ0) is 16.3. The summed E-state index contributed by atoms with van der Waals surface area (Å²) in [5.41, 5.74) is 0.678. The lowest BCUT2D eigenvalue weighted by molar-refractivity contribution is -0.137. The minimum Gasteiger partial charge on any atom is -0.481 e. The molecule has 2 rings (SSSR count). The Balaban J connectivity index is 2.21. The summed E-state index contributed by atoms with van der Waals surface area (Å²) in [6, 6.07) is 0. The van der Waals surface area contributed by atoms with Crippen LogP contribution in [0.3, 0.4) is 0 Å². The number of hydrogen-bond donors (Lipinski definition) is 2. The molecule has 2 N–H and O–H groups in total. The minimum atomic E-state index is -0.878. The van der Waals surface area contributed by atoms with Crippen molar-refractivity contribution in [2.45, 2.75) is 26.1 Å². The number of carboxylic acids is 1. The van der Waals surface area contributed by atoms with E-state index < -0.39 is 13.0 Å². The van der Waals surface area contributed by atoms with Crippen LogP contribution in [0.5, 0.6) is 0 Å². The number of anilines is 1. The van der Waals surface area contributed by atoms with Crippen molar-refractivity contribution in [1.82, 2.24) is 14.8 Å². The molecule has 1 aromatic heterocycles. The predicted octanol–water partition coefficient (Wildman–Crippen LogP) is 0.940. The molecule has 1 atom stereocenters. The maximum atomic E-state index is 11.0. The molecule has 0 saturated carbocycles. The highest BCUT2D eigenvalue weighted by Crippen LogP contribution is 2.33. The molecule has 0 amide bonds. The van der Waals surface area contributed by atoms with Gasteiger partial charge in [0.2, 0.25) is 0 Å². The van der Waals surface area contributed by atoms with E-state index in [1.807, 2.05) is 11.7 Å². The maximum absolute atomic E-state index is 11.0. The summed E-state index contributed by atoms with van der Waals surface area (Å²) in [4.78, 5) is 23.3. The van der Waals surface area contributed by atoms with E-state index in [2.05, 4.69) is 14.9 Å². The van der Waals surface area contributed by atoms with Gasteiger partial charge in [0.1, 0.15) is 17.3 Å². The largest absolute Gasteiger partial charge is 0.481 e. The summed E-state index contributed by atoms with van der Waals surface area (Å²) in [5.74, 6) is -0.452. The van der Waals surface area contributed by atoms with Crippen molar-refractivity contribution in [2.24, 2.45) is 0 Å². The van der Waals surface area contributed by atoms with Gasteiger partial charge in [0.15, 0.2) is 0 Å². The minimum absolute atomic E-state index is 0.0201. The van der Waals surface area contributed by atoms with Crippen LogP contribution in [-0.4, -0.2) is 64.1 Å². The molecule has 0 spiro atoms. The van der Waals surface area contributed by atoms with Crippen molar-refractivity contribution in [3.8, 4) is 0 Å². The van der Waals surface area contributed by atoms with Gasteiger partial charge in [-0.2, -0.15) is 0 Å². The Morgan fingerprint density at radius 1 is 1.41 bits per heavy atom. The SMILES string of the molecule is CB(O)N1CCN(c2ncnc(Cl)c2[C@H](C)CC(=O)O)CC1. The lowest BCUT2D eigenvalue weighted by Crippen LogP contribution is -2.52. The first kappa shape index (κ1) is 17.0. The third-order valence-corrected chi connectivity index (χ3v) is 4.23. The van der Waals surface area contributed by atoms with Crippen molar-refractivity contribution in [2.75, 3.05) is 31.1 Å². The van der Waals surface area contributed by atoms with Crippen molar-refractivity contribution in [3.05, 3.63) is 17.0 Å². The molecule has 7 nitrogen and oxygen atoms in total. The molecule has 2 heterocycles. The second-order valence-electron chi connectivity index (χ2n) is 5.56. The first-order valence-electron chi connectivity index (χ1n) is 7.29. The van der Waals surface area contributed by atoms with Gasteiger partial charge in [0.05, 0.1) is 6.42 Å². The Morgan fingerprint density at radius 2 is 2.05 bits per heavy atom. The Bertz CT molecular complexity index is 538. The predicted molar refractivity (Wildman–Crippen MR) is 85.3 cm³/mol. The van der Waals surface area contributed by atoms with Crippen molar-refractivity contribution >= 4 is 30.4 Å². The van der Waals surface area contributed by atoms with Crippen LogP contribution in [0, 0.1) is 0 Å². The quantitative estimate of drug-likeness (QED) is 0.615. The molecule has 1 aromatic rings. The number of hydrogen-bond acceptors (Lipinski definition) is 6. The highest BCUT2D eigenvalue weighted by molar-refractivity contribution is 6.45. The molecule has 0 unspecified atom stereocenters. The van der Waals surface area contributed by atoms with Crippen molar-refractivity contribution in [3.63, 3.8) is 0 Å². The highest BCUT2D eigenvalue weighted by atomic mass is 35.5. The maximum Gasteiger partial charge on any atom is 0.376 e. The lowest BCUT2D eigenvalue weighted by Gasteiger charge is -2.37. The Kier molecular flexibility index (Phi) is 5.60. The van der Waals surface area contributed by atoms with Crippen LogP contribution in [0.25, 0.3) is 0 Å². The molecule has 0 radical (unpaired) electrons. The summed E-state index contributed by atoms with van der Waals surface area (Å²) < 4.78 is 0. The molecule has 9 heteroatoms. The molecular weight excluding hydrogens is 306 g/mol. The summed E-state index contributed by atoms with van der Waals surface area (Å²) in [7, 11) is -0.471. The number of piperazine rings is 1. The molecule has 0 aliphatic carbocycles. The fourth-order valence-electron chi connectivity index (χ4n) is 2.71. The second-order valence-corrected chi connectivity index (χ2v) is 5.91. The molecule has 1 aliphatic heterocycles. The van der Waals surface area contributed by atoms with Gasteiger partial charge >= 0.3 is 13.0 Å². The third-order valence-electron chi connectivity index (χ3n) is 3.93. The summed E-state index contributed by atoms with van der Waals surface area (Å²) >= 11 is 6.18. The lowest BCUT2D eigenvalue weighted by atomic mass is 9.84. The Hall–Kier alpha value is -1.38. The molecular formula is C13H20BClN4O3. The molecule has 120 valence electrons. The Labute approximate surface area is 135 Å². The van der Waals surface area contributed by atoms with Crippen LogP contribution in [-0.2, 0) is 4.79 Å². The van der Waals surface area contributed by atoms with Crippen LogP contribution in [0.15, 0.2) is 6.33 Å². The second kappa shape index (κ2) is 7.26. The molecule has 0 aromatic carbocycles. The van der Waals surface area contributed by atoms with Gasteiger partial charge in [-0.25, -0.2) is 9.97 Å². The number of nitrogens with zero attached hydrogens (tertiary/aromatic N) is 4. The normalized spacial score (nSPS) is 17.4. The average molecular weight is 327 g/mol. The van der Waals surface area contributed by atoms with E-state index in [0.29, 0.717) is 42.7 Å². The number of carbonyl (C=O) groups is 1. The van der Waals surface area contributed by atoms with Crippen molar-refractivity contribution < 1.29 is 14.9 Å². The first-order valence-corrected chi connectivity index (χ1v) is 7.67. The third kappa shape index (κ3) is 3.88. The monoisotopic (exact) mass is 326 g/mol. The van der Waals surface area contributed by atoms with Gasteiger partial charge in [0.25, 0.3) is 0 Å². The number of rotatable bonds is 5. The van der Waals surface area contributed by atoms with E-state index in [9.17, 15) is 9.82 Å². The van der Waals surface area contributed by atoms with E-state index >= 15 is 0 Å². The first-order chi connectivity index (χ1) is 10.4. The van der Waals surface area contributed by atoms with Crippen LogP contribution in [0.2, 0.25) is 12.0 Å². The van der Waals surface area contributed by atoms with Gasteiger partial charge in [-0.3, -0.25) is 4.79 Å². The zero-order valence-corrected chi connectivity index (χ0v) is 13.5. The highest BCUT2D eigenvalue weighted by Gasteiger charge is 2.27. The van der Waals surface area contributed by atoms with Crippen LogP contribution in [0.4, 0.5) is 5.82 Å². The molecule has 1 aliphatic rings. The number of aliphatic carboxylic acids is 1. The van der Waals surface area contributed by atoms with Gasteiger partial charge in [-0.05, 0) is 12.7 Å². The number of halogens is 1. The van der Waals surface area contributed by atoms with E-state index in [0.717, 1.165) is 0 Å². The molecule has 22 heavy (non-hydrogen) atoms. The summed E-state index contributed by atoms with van der Waals surface area (Å²) in [6.45, 7) is 6.39. The van der Waals surface area contributed by atoms with Crippen LogP contribution >= 0.6 is 11.6 Å². The van der Waals surface area contributed by atoms with E-state index in [4.69, 9.17) is 16.7 Å². The standard InChI is InChI=1S/C13H20BClN4O3/c1-9(7-10(20)21)11-12(15)16-8-17-13(11)18-3-5-19(6-4-18)14(2)22/h8-9,22H,3-7H2,1-2H3,(H,20,21)/t9-/m1/s1. The fraction of sp³-hybridized carbons (Fsp3) is 0.615. The van der Waals surface area contributed by atoms with E-state index in [1.54, 1.807) is 6.82 Å². The topological polar surface area (TPSA) is 89.8 Å². The van der Waals surface area contributed by atoms with Crippen LogP contribution < -0.4 is 4.90 Å². The van der Waals surface area contributed by atoms with Crippen LogP contribution in [0.1, 0.15) is 24.8 Å². The van der Waals surface area contributed by atoms with Gasteiger partial charge < -0.3 is 19.8 Å². The smallest absolute Gasteiger partial charge is 0.376 e.